The molecule has 0 unspecified atom stereocenters. The van der Waals surface area contributed by atoms with Crippen molar-refractivity contribution in [2.45, 2.75) is 6.54 Å². The Morgan fingerprint density at radius 2 is 2.12 bits per heavy atom. The summed E-state index contributed by atoms with van der Waals surface area (Å²) in [5.74, 6) is -0.228. The van der Waals surface area contributed by atoms with Crippen LogP contribution in [0.3, 0.4) is 0 Å². The summed E-state index contributed by atoms with van der Waals surface area (Å²) in [6, 6.07) is 9.82. The molecule has 2 rings (SSSR count). The third-order valence-corrected chi connectivity index (χ3v) is 2.08. The molecule has 3 N–H and O–H groups in total. The number of benzene rings is 1. The predicted molar refractivity (Wildman–Crippen MR) is 59.3 cm³/mol. The molecule has 0 saturated heterocycles. The van der Waals surface area contributed by atoms with Crippen LogP contribution in [0.5, 0.6) is 0 Å². The zero-order chi connectivity index (χ0) is 11.2. The average Bonchev–Trinajstić information content (AvgIpc) is 2.84. The Morgan fingerprint density at radius 3 is 2.81 bits per heavy atom. The third kappa shape index (κ3) is 2.68. The van der Waals surface area contributed by atoms with E-state index in [2.05, 4.69) is 20.8 Å². The van der Waals surface area contributed by atoms with Crippen molar-refractivity contribution in [1.82, 2.24) is 20.8 Å². The van der Waals surface area contributed by atoms with E-state index in [1.165, 1.54) is 12.5 Å². The van der Waals surface area contributed by atoms with Crippen molar-refractivity contribution < 1.29 is 4.79 Å². The van der Waals surface area contributed by atoms with Crippen molar-refractivity contribution in [3.63, 3.8) is 0 Å². The Balaban J connectivity index is 1.79. The molecule has 1 heterocycles. The van der Waals surface area contributed by atoms with Crippen LogP contribution in [0.25, 0.3) is 0 Å². The lowest BCUT2D eigenvalue weighted by atomic mass is 10.2. The minimum atomic E-state index is -0.228. The summed E-state index contributed by atoms with van der Waals surface area (Å²) in [4.78, 5) is 17.9. The first kappa shape index (κ1) is 10.4. The minimum Gasteiger partial charge on any atom is -0.341 e. The predicted octanol–water partition coefficient (Wildman–Crippen LogP) is 0.844. The molecule has 0 saturated carbocycles. The minimum absolute atomic E-state index is 0.228. The number of hydrogen-bond acceptors (Lipinski definition) is 3. The molecule has 0 aliphatic heterocycles. The molecule has 0 atom stereocenters. The highest BCUT2D eigenvalue weighted by molar-refractivity contribution is 5.91. The van der Waals surface area contributed by atoms with E-state index in [0.717, 1.165) is 5.56 Å². The molecule has 1 amide bonds. The molecule has 0 radical (unpaired) electrons. The highest BCUT2D eigenvalue weighted by Gasteiger charge is 2.04. The van der Waals surface area contributed by atoms with Crippen LogP contribution in [0.2, 0.25) is 0 Å². The third-order valence-electron chi connectivity index (χ3n) is 2.08. The lowest BCUT2D eigenvalue weighted by Gasteiger charge is -2.05. The molecule has 0 aliphatic carbocycles. The Morgan fingerprint density at radius 1 is 1.31 bits per heavy atom. The van der Waals surface area contributed by atoms with Crippen molar-refractivity contribution in [3.05, 3.63) is 54.1 Å². The van der Waals surface area contributed by atoms with E-state index in [1.807, 2.05) is 30.3 Å². The largest absolute Gasteiger partial charge is 0.341 e. The maximum Gasteiger partial charge on any atom is 0.283 e. The summed E-state index contributed by atoms with van der Waals surface area (Å²) < 4.78 is 0. The van der Waals surface area contributed by atoms with Gasteiger partial charge >= 0.3 is 0 Å². The number of imidazole rings is 1. The molecule has 1 aromatic heterocycles. The lowest BCUT2D eigenvalue weighted by Crippen LogP contribution is -2.36. The van der Waals surface area contributed by atoms with Gasteiger partial charge in [-0.2, -0.15) is 0 Å². The number of carbonyl (C=O) groups excluding carboxylic acids is 1. The molecule has 0 aliphatic rings. The van der Waals surface area contributed by atoms with Gasteiger partial charge < -0.3 is 4.98 Å². The van der Waals surface area contributed by atoms with Crippen molar-refractivity contribution in [2.75, 3.05) is 0 Å². The number of carbonyl (C=O) groups is 1. The van der Waals surface area contributed by atoms with Gasteiger partial charge in [0.2, 0.25) is 0 Å². The molecule has 2 aromatic rings. The van der Waals surface area contributed by atoms with Crippen molar-refractivity contribution in [2.24, 2.45) is 0 Å². The number of nitrogens with one attached hydrogen (secondary N) is 3. The first-order valence-electron chi connectivity index (χ1n) is 4.92. The van der Waals surface area contributed by atoms with Gasteiger partial charge in [0.1, 0.15) is 5.69 Å². The number of amides is 1. The van der Waals surface area contributed by atoms with Crippen LogP contribution in [0, 0.1) is 0 Å². The number of hydrazine groups is 1. The number of aromatic amines is 1. The fourth-order valence-corrected chi connectivity index (χ4v) is 1.27. The summed E-state index contributed by atoms with van der Waals surface area (Å²) in [5.41, 5.74) is 6.95. The zero-order valence-corrected chi connectivity index (χ0v) is 8.60. The van der Waals surface area contributed by atoms with Crippen LogP contribution in [-0.4, -0.2) is 15.9 Å². The van der Waals surface area contributed by atoms with Gasteiger partial charge in [-0.3, -0.25) is 10.2 Å². The molecular weight excluding hydrogens is 204 g/mol. The highest BCUT2D eigenvalue weighted by Crippen LogP contribution is 1.96. The Labute approximate surface area is 92.9 Å². The van der Waals surface area contributed by atoms with Gasteiger partial charge in [0, 0.05) is 6.54 Å². The lowest BCUT2D eigenvalue weighted by molar-refractivity contribution is 0.0927. The Kier molecular flexibility index (Phi) is 3.30. The maximum absolute atomic E-state index is 11.5. The van der Waals surface area contributed by atoms with Crippen LogP contribution in [0.4, 0.5) is 0 Å². The fourth-order valence-electron chi connectivity index (χ4n) is 1.27. The van der Waals surface area contributed by atoms with Gasteiger partial charge in [-0.1, -0.05) is 30.3 Å². The Bertz CT molecular complexity index is 438. The van der Waals surface area contributed by atoms with E-state index in [1.54, 1.807) is 0 Å². The summed E-state index contributed by atoms with van der Waals surface area (Å²) in [5, 5.41) is 0. The molecule has 5 nitrogen and oxygen atoms in total. The Hall–Kier alpha value is -2.14. The molecule has 16 heavy (non-hydrogen) atoms. The zero-order valence-electron chi connectivity index (χ0n) is 8.60. The smallest absolute Gasteiger partial charge is 0.283 e. The van der Waals surface area contributed by atoms with Crippen LogP contribution in [0.1, 0.15) is 16.1 Å². The average molecular weight is 216 g/mol. The summed E-state index contributed by atoms with van der Waals surface area (Å²) in [6.07, 6.45) is 2.94. The van der Waals surface area contributed by atoms with Gasteiger partial charge in [0.05, 0.1) is 12.5 Å². The van der Waals surface area contributed by atoms with Gasteiger partial charge in [0.25, 0.3) is 5.91 Å². The summed E-state index contributed by atoms with van der Waals surface area (Å²) in [6.45, 7) is 0.584. The normalized spacial score (nSPS) is 10.0. The molecule has 82 valence electrons. The molecule has 5 heteroatoms. The number of hydrogen-bond donors (Lipinski definition) is 3. The van der Waals surface area contributed by atoms with Crippen molar-refractivity contribution >= 4 is 5.91 Å². The molecule has 1 aromatic carbocycles. The van der Waals surface area contributed by atoms with Gasteiger partial charge in [-0.25, -0.2) is 10.4 Å². The number of aromatic nitrogens is 2. The second-order valence-electron chi connectivity index (χ2n) is 3.26. The van der Waals surface area contributed by atoms with Crippen LogP contribution in [0.15, 0.2) is 42.9 Å². The number of H-pyrrole nitrogens is 1. The van der Waals surface area contributed by atoms with E-state index in [-0.39, 0.29) is 5.91 Å². The second-order valence-corrected chi connectivity index (χ2v) is 3.26. The molecule has 0 fully saturated rings. The summed E-state index contributed by atoms with van der Waals surface area (Å²) >= 11 is 0. The topological polar surface area (TPSA) is 69.8 Å². The quantitative estimate of drug-likeness (QED) is 0.663. The summed E-state index contributed by atoms with van der Waals surface area (Å²) in [7, 11) is 0. The number of nitrogens with zero attached hydrogens (tertiary/aromatic N) is 1. The first-order chi connectivity index (χ1) is 7.86. The highest BCUT2D eigenvalue weighted by atomic mass is 16.2. The van der Waals surface area contributed by atoms with Gasteiger partial charge in [-0.15, -0.1) is 0 Å². The molecular formula is C11H12N4O. The molecule has 0 bridgehead atoms. The van der Waals surface area contributed by atoms with Crippen LogP contribution >= 0.6 is 0 Å². The second kappa shape index (κ2) is 5.09. The van der Waals surface area contributed by atoms with Gasteiger partial charge in [-0.05, 0) is 5.56 Å². The van der Waals surface area contributed by atoms with E-state index in [9.17, 15) is 4.79 Å². The van der Waals surface area contributed by atoms with Crippen molar-refractivity contribution in [3.8, 4) is 0 Å². The van der Waals surface area contributed by atoms with E-state index < -0.39 is 0 Å². The molecule has 0 spiro atoms. The van der Waals surface area contributed by atoms with Crippen LogP contribution < -0.4 is 10.9 Å². The first-order valence-corrected chi connectivity index (χ1v) is 4.92. The number of rotatable bonds is 4. The van der Waals surface area contributed by atoms with E-state index >= 15 is 0 Å². The van der Waals surface area contributed by atoms with Crippen molar-refractivity contribution in [1.29, 1.82) is 0 Å². The maximum atomic E-state index is 11.5. The standard InChI is InChI=1S/C11H12N4O/c16-11(10-7-12-8-13-10)15-14-6-9-4-2-1-3-5-9/h1-5,7-8,14H,6H2,(H,12,13)(H,15,16). The van der Waals surface area contributed by atoms with E-state index in [4.69, 9.17) is 0 Å². The SMILES string of the molecule is O=C(NNCc1ccccc1)c1cnc[nH]1. The van der Waals surface area contributed by atoms with Crippen LogP contribution in [-0.2, 0) is 6.54 Å². The monoisotopic (exact) mass is 216 g/mol. The van der Waals surface area contributed by atoms with E-state index in [0.29, 0.717) is 12.2 Å². The fraction of sp³-hybridized carbons (Fsp3) is 0.0909. The van der Waals surface area contributed by atoms with Gasteiger partial charge in [0.15, 0.2) is 0 Å².